The van der Waals surface area contributed by atoms with Gasteiger partial charge in [-0.25, -0.2) is 0 Å². The summed E-state index contributed by atoms with van der Waals surface area (Å²) in [6, 6.07) is 19.9. The summed E-state index contributed by atoms with van der Waals surface area (Å²) < 4.78 is 0. The van der Waals surface area contributed by atoms with Gasteiger partial charge in [-0.05, 0) is 25.0 Å². The fourth-order valence-corrected chi connectivity index (χ4v) is 2.02. The Morgan fingerprint density at radius 1 is 0.889 bits per heavy atom. The van der Waals surface area contributed by atoms with Crippen molar-refractivity contribution >= 4 is 5.78 Å². The summed E-state index contributed by atoms with van der Waals surface area (Å²) in [5, 5.41) is 0. The van der Waals surface area contributed by atoms with Crippen molar-refractivity contribution in [3.05, 3.63) is 71.8 Å². The summed E-state index contributed by atoms with van der Waals surface area (Å²) in [7, 11) is 0. The van der Waals surface area contributed by atoms with Crippen LogP contribution < -0.4 is 0 Å². The second kappa shape index (κ2) is 5.18. The summed E-state index contributed by atoms with van der Waals surface area (Å²) in [6.45, 7) is 3.99. The van der Waals surface area contributed by atoms with Crippen molar-refractivity contribution in [2.75, 3.05) is 0 Å². The molecular formula is C17H18O. The lowest BCUT2D eigenvalue weighted by Crippen LogP contribution is -2.30. The zero-order valence-electron chi connectivity index (χ0n) is 10.9. The Kier molecular flexibility index (Phi) is 3.61. The first kappa shape index (κ1) is 12.6. The Morgan fingerprint density at radius 3 is 1.94 bits per heavy atom. The molecule has 0 saturated carbocycles. The smallest absolute Gasteiger partial charge is 0.147 e. The van der Waals surface area contributed by atoms with Gasteiger partial charge in [-0.2, -0.15) is 0 Å². The number of benzene rings is 2. The number of hydrogen-bond acceptors (Lipinski definition) is 1. The second-order valence-electron chi connectivity index (χ2n) is 5.08. The molecule has 92 valence electrons. The van der Waals surface area contributed by atoms with Gasteiger partial charge in [0.1, 0.15) is 5.78 Å². The molecular weight excluding hydrogens is 220 g/mol. The van der Waals surface area contributed by atoms with Gasteiger partial charge in [0.2, 0.25) is 0 Å². The van der Waals surface area contributed by atoms with Crippen LogP contribution in [0.15, 0.2) is 60.7 Å². The van der Waals surface area contributed by atoms with E-state index < -0.39 is 5.41 Å². The Balaban J connectivity index is 2.18. The lowest BCUT2D eigenvalue weighted by Gasteiger charge is -2.23. The van der Waals surface area contributed by atoms with Crippen molar-refractivity contribution in [1.82, 2.24) is 0 Å². The van der Waals surface area contributed by atoms with Crippen LogP contribution in [0.25, 0.3) is 0 Å². The molecule has 0 aromatic heterocycles. The highest BCUT2D eigenvalue weighted by Crippen LogP contribution is 2.25. The molecule has 0 radical (unpaired) electrons. The average Bonchev–Trinajstić information content (AvgIpc) is 2.41. The first-order valence-corrected chi connectivity index (χ1v) is 6.23. The van der Waals surface area contributed by atoms with Crippen LogP contribution in [0.4, 0.5) is 0 Å². The van der Waals surface area contributed by atoms with Crippen molar-refractivity contribution in [1.29, 1.82) is 0 Å². The summed E-state index contributed by atoms with van der Waals surface area (Å²) in [4.78, 5) is 12.4. The van der Waals surface area contributed by atoms with Gasteiger partial charge < -0.3 is 0 Å². The molecule has 0 spiro atoms. The molecule has 0 atom stereocenters. The van der Waals surface area contributed by atoms with Gasteiger partial charge in [0.15, 0.2) is 0 Å². The van der Waals surface area contributed by atoms with Crippen molar-refractivity contribution in [2.45, 2.75) is 25.7 Å². The second-order valence-corrected chi connectivity index (χ2v) is 5.08. The maximum atomic E-state index is 12.4. The van der Waals surface area contributed by atoms with Gasteiger partial charge in [-0.15, -0.1) is 0 Å². The predicted octanol–water partition coefficient (Wildman–Crippen LogP) is 3.78. The number of ketones is 1. The lowest BCUT2D eigenvalue weighted by atomic mass is 9.78. The van der Waals surface area contributed by atoms with E-state index in [0.717, 1.165) is 11.1 Å². The summed E-state index contributed by atoms with van der Waals surface area (Å²) in [6.07, 6.45) is 0.489. The topological polar surface area (TPSA) is 17.1 Å². The van der Waals surface area contributed by atoms with E-state index in [9.17, 15) is 4.79 Å². The maximum Gasteiger partial charge on any atom is 0.147 e. The van der Waals surface area contributed by atoms with E-state index in [2.05, 4.69) is 0 Å². The normalized spacial score (nSPS) is 11.2. The standard InChI is InChI=1S/C17H18O/c1-17(2,15-11-7-4-8-12-15)16(18)13-14-9-5-3-6-10-14/h3-12H,13H2,1-2H3. The Hall–Kier alpha value is -1.89. The minimum Gasteiger partial charge on any atom is -0.298 e. The number of carbonyl (C=O) groups excluding carboxylic acids is 1. The van der Waals surface area contributed by atoms with Gasteiger partial charge in [0.05, 0.1) is 0 Å². The first-order chi connectivity index (χ1) is 8.60. The predicted molar refractivity (Wildman–Crippen MR) is 74.6 cm³/mol. The summed E-state index contributed by atoms with van der Waals surface area (Å²) in [5.74, 6) is 0.250. The van der Waals surface area contributed by atoms with Crippen molar-refractivity contribution in [2.24, 2.45) is 0 Å². The molecule has 2 aromatic rings. The molecule has 2 aromatic carbocycles. The van der Waals surface area contributed by atoms with Gasteiger partial charge in [-0.3, -0.25) is 4.79 Å². The lowest BCUT2D eigenvalue weighted by molar-refractivity contribution is -0.122. The quantitative estimate of drug-likeness (QED) is 0.792. The minimum atomic E-state index is -0.433. The molecule has 1 nitrogen and oxygen atoms in total. The Morgan fingerprint density at radius 2 is 1.39 bits per heavy atom. The summed E-state index contributed by atoms with van der Waals surface area (Å²) >= 11 is 0. The van der Waals surface area contributed by atoms with Gasteiger partial charge in [0, 0.05) is 11.8 Å². The molecule has 0 unspecified atom stereocenters. The highest BCUT2D eigenvalue weighted by molar-refractivity contribution is 5.90. The molecule has 0 N–H and O–H groups in total. The van der Waals surface area contributed by atoms with E-state index in [-0.39, 0.29) is 5.78 Å². The molecule has 18 heavy (non-hydrogen) atoms. The van der Waals surface area contributed by atoms with Crippen molar-refractivity contribution in [3.63, 3.8) is 0 Å². The monoisotopic (exact) mass is 238 g/mol. The number of Topliss-reactive ketones (excluding diaryl/α,β-unsaturated/α-hetero) is 1. The third kappa shape index (κ3) is 2.67. The van der Waals surface area contributed by atoms with Crippen LogP contribution in [-0.2, 0) is 16.6 Å². The number of hydrogen-bond donors (Lipinski definition) is 0. The molecule has 0 amide bonds. The molecule has 0 aliphatic carbocycles. The fourth-order valence-electron chi connectivity index (χ4n) is 2.02. The highest BCUT2D eigenvalue weighted by Gasteiger charge is 2.28. The first-order valence-electron chi connectivity index (χ1n) is 6.23. The van der Waals surface area contributed by atoms with E-state index in [1.807, 2.05) is 74.5 Å². The van der Waals surface area contributed by atoms with E-state index >= 15 is 0 Å². The van der Waals surface area contributed by atoms with Crippen LogP contribution in [0.3, 0.4) is 0 Å². The Bertz CT molecular complexity index is 512. The van der Waals surface area contributed by atoms with Crippen LogP contribution in [0, 0.1) is 0 Å². The van der Waals surface area contributed by atoms with Crippen LogP contribution in [0.2, 0.25) is 0 Å². The van der Waals surface area contributed by atoms with E-state index in [1.165, 1.54) is 0 Å². The van der Waals surface area contributed by atoms with Crippen LogP contribution in [-0.4, -0.2) is 5.78 Å². The molecule has 0 aliphatic heterocycles. The molecule has 2 rings (SSSR count). The molecule has 1 heteroatoms. The van der Waals surface area contributed by atoms with E-state index in [0.29, 0.717) is 6.42 Å². The van der Waals surface area contributed by atoms with Crippen LogP contribution in [0.1, 0.15) is 25.0 Å². The Labute approximate surface area is 108 Å². The van der Waals surface area contributed by atoms with Crippen molar-refractivity contribution in [3.8, 4) is 0 Å². The van der Waals surface area contributed by atoms with Gasteiger partial charge in [-0.1, -0.05) is 60.7 Å². The molecule has 0 heterocycles. The number of carbonyl (C=O) groups is 1. The average molecular weight is 238 g/mol. The van der Waals surface area contributed by atoms with E-state index in [4.69, 9.17) is 0 Å². The summed E-state index contributed by atoms with van der Waals surface area (Å²) in [5.41, 5.74) is 1.72. The largest absolute Gasteiger partial charge is 0.298 e. The molecule has 0 bridgehead atoms. The zero-order valence-corrected chi connectivity index (χ0v) is 10.9. The molecule has 0 aliphatic rings. The maximum absolute atomic E-state index is 12.4. The third-order valence-electron chi connectivity index (χ3n) is 3.40. The van der Waals surface area contributed by atoms with E-state index in [1.54, 1.807) is 0 Å². The van der Waals surface area contributed by atoms with Crippen LogP contribution >= 0.6 is 0 Å². The molecule has 0 fully saturated rings. The van der Waals surface area contributed by atoms with Gasteiger partial charge >= 0.3 is 0 Å². The number of rotatable bonds is 4. The zero-order chi connectivity index (χ0) is 13.0. The molecule has 0 saturated heterocycles. The fraction of sp³-hybridized carbons (Fsp3) is 0.235. The van der Waals surface area contributed by atoms with Crippen LogP contribution in [0.5, 0.6) is 0 Å². The minimum absolute atomic E-state index is 0.250. The van der Waals surface area contributed by atoms with Crippen molar-refractivity contribution < 1.29 is 4.79 Å². The van der Waals surface area contributed by atoms with Gasteiger partial charge in [0.25, 0.3) is 0 Å². The third-order valence-corrected chi connectivity index (χ3v) is 3.40. The highest BCUT2D eigenvalue weighted by atomic mass is 16.1. The SMILES string of the molecule is CC(C)(C(=O)Cc1ccccc1)c1ccccc1.